The van der Waals surface area contributed by atoms with E-state index in [0.717, 1.165) is 25.5 Å². The number of halogens is 2. The fourth-order valence-electron chi connectivity index (χ4n) is 2.72. The summed E-state index contributed by atoms with van der Waals surface area (Å²) < 4.78 is 20.2. The minimum absolute atomic E-state index is 0.0441. The van der Waals surface area contributed by atoms with Crippen LogP contribution in [0.2, 0.25) is 5.02 Å². The molecule has 0 amide bonds. The first-order chi connectivity index (χ1) is 10.5. The quantitative estimate of drug-likeness (QED) is 0.934. The van der Waals surface area contributed by atoms with Crippen molar-refractivity contribution in [3.63, 3.8) is 0 Å². The first-order valence-corrected chi connectivity index (χ1v) is 7.56. The van der Waals surface area contributed by atoms with E-state index in [1.54, 1.807) is 0 Å². The Balaban J connectivity index is 1.83. The zero-order valence-electron chi connectivity index (χ0n) is 11.8. The molecular formula is C15H16ClFN2O3. The topological polar surface area (TPSA) is 64.4 Å². The van der Waals surface area contributed by atoms with Crippen molar-refractivity contribution >= 4 is 22.5 Å². The highest BCUT2D eigenvalue weighted by atomic mass is 35.5. The van der Waals surface area contributed by atoms with Crippen LogP contribution < -0.4 is 5.56 Å². The molecule has 2 aromatic rings. The maximum absolute atomic E-state index is 13.4. The molecule has 2 heterocycles. The Labute approximate surface area is 131 Å². The SMILES string of the molecule is O=c1c2cc(Cl)c(F)cc2ncn1CC(O)CC1CCCO1. The summed E-state index contributed by atoms with van der Waals surface area (Å²) in [5.74, 6) is -0.614. The molecule has 0 radical (unpaired) electrons. The molecule has 1 N–H and O–H groups in total. The van der Waals surface area contributed by atoms with Gasteiger partial charge in [0.2, 0.25) is 0 Å². The fraction of sp³-hybridized carbons (Fsp3) is 0.467. The second-order valence-electron chi connectivity index (χ2n) is 5.51. The highest BCUT2D eigenvalue weighted by Gasteiger charge is 2.20. The van der Waals surface area contributed by atoms with E-state index in [4.69, 9.17) is 16.3 Å². The Hall–Kier alpha value is -1.50. The Morgan fingerprint density at radius 1 is 1.55 bits per heavy atom. The smallest absolute Gasteiger partial charge is 0.261 e. The third kappa shape index (κ3) is 3.14. The molecule has 0 saturated carbocycles. The molecule has 118 valence electrons. The van der Waals surface area contributed by atoms with E-state index in [-0.39, 0.29) is 34.1 Å². The van der Waals surface area contributed by atoms with Gasteiger partial charge in [0, 0.05) is 19.1 Å². The van der Waals surface area contributed by atoms with Crippen LogP contribution in [0, 0.1) is 5.82 Å². The Kier molecular flexibility index (Phi) is 4.42. The molecule has 1 aliphatic heterocycles. The molecule has 2 atom stereocenters. The zero-order chi connectivity index (χ0) is 15.7. The van der Waals surface area contributed by atoms with Crippen LogP contribution in [0.4, 0.5) is 4.39 Å². The van der Waals surface area contributed by atoms with Crippen molar-refractivity contribution in [2.45, 2.75) is 38.0 Å². The summed E-state index contributed by atoms with van der Waals surface area (Å²) in [4.78, 5) is 16.4. The summed E-state index contributed by atoms with van der Waals surface area (Å²) >= 11 is 5.71. The standard InChI is InChI=1S/C15H16ClFN2O3/c16-12-5-11-14(6-13(12)17)18-8-19(15(11)21)7-9(20)4-10-2-1-3-22-10/h5-6,8-10,20H,1-4,7H2. The number of aliphatic hydroxyl groups excluding tert-OH is 1. The van der Waals surface area contributed by atoms with Crippen molar-refractivity contribution in [3.8, 4) is 0 Å². The van der Waals surface area contributed by atoms with Crippen LogP contribution in [0.1, 0.15) is 19.3 Å². The second-order valence-corrected chi connectivity index (χ2v) is 5.92. The van der Waals surface area contributed by atoms with Gasteiger partial charge in [-0.15, -0.1) is 0 Å². The predicted octanol–water partition coefficient (Wildman–Crippen LogP) is 2.12. The van der Waals surface area contributed by atoms with E-state index in [1.165, 1.54) is 17.0 Å². The first kappa shape index (κ1) is 15.4. The van der Waals surface area contributed by atoms with Gasteiger partial charge in [-0.1, -0.05) is 11.6 Å². The van der Waals surface area contributed by atoms with E-state index >= 15 is 0 Å². The molecule has 1 aromatic carbocycles. The molecule has 1 aromatic heterocycles. The van der Waals surface area contributed by atoms with Crippen LogP contribution in [0.25, 0.3) is 10.9 Å². The molecule has 0 aliphatic carbocycles. The van der Waals surface area contributed by atoms with E-state index in [1.807, 2.05) is 0 Å². The van der Waals surface area contributed by atoms with Gasteiger partial charge in [-0.3, -0.25) is 9.36 Å². The molecule has 22 heavy (non-hydrogen) atoms. The number of nitrogens with zero attached hydrogens (tertiary/aromatic N) is 2. The van der Waals surface area contributed by atoms with Crippen molar-refractivity contribution in [1.29, 1.82) is 0 Å². The van der Waals surface area contributed by atoms with Crippen LogP contribution in [-0.4, -0.2) is 33.5 Å². The van der Waals surface area contributed by atoms with Gasteiger partial charge in [0.25, 0.3) is 5.56 Å². The van der Waals surface area contributed by atoms with Crippen molar-refractivity contribution in [2.24, 2.45) is 0 Å². The first-order valence-electron chi connectivity index (χ1n) is 7.18. The molecule has 1 fully saturated rings. The van der Waals surface area contributed by atoms with Gasteiger partial charge in [-0.25, -0.2) is 9.37 Å². The van der Waals surface area contributed by atoms with Gasteiger partial charge < -0.3 is 9.84 Å². The van der Waals surface area contributed by atoms with Gasteiger partial charge >= 0.3 is 0 Å². The van der Waals surface area contributed by atoms with Crippen molar-refractivity contribution < 1.29 is 14.2 Å². The van der Waals surface area contributed by atoms with Gasteiger partial charge in [-0.2, -0.15) is 0 Å². The largest absolute Gasteiger partial charge is 0.391 e. The molecule has 0 spiro atoms. The molecule has 2 unspecified atom stereocenters. The normalized spacial score (nSPS) is 19.7. The van der Waals surface area contributed by atoms with Crippen LogP contribution in [0.15, 0.2) is 23.3 Å². The lowest BCUT2D eigenvalue weighted by atomic mass is 10.1. The van der Waals surface area contributed by atoms with Crippen LogP contribution in [-0.2, 0) is 11.3 Å². The summed E-state index contributed by atoms with van der Waals surface area (Å²) in [6, 6.07) is 2.40. The minimum atomic E-state index is -0.698. The van der Waals surface area contributed by atoms with Crippen molar-refractivity contribution in [2.75, 3.05) is 6.61 Å². The Bertz CT molecular complexity index is 743. The molecule has 1 saturated heterocycles. The minimum Gasteiger partial charge on any atom is -0.391 e. The lowest BCUT2D eigenvalue weighted by molar-refractivity contribution is 0.0467. The lowest BCUT2D eigenvalue weighted by Crippen LogP contribution is -2.29. The number of aliphatic hydroxyl groups is 1. The number of hydrogen-bond acceptors (Lipinski definition) is 4. The number of ether oxygens (including phenoxy) is 1. The van der Waals surface area contributed by atoms with Crippen LogP contribution in [0.3, 0.4) is 0 Å². The third-order valence-corrected chi connectivity index (χ3v) is 4.12. The van der Waals surface area contributed by atoms with E-state index < -0.39 is 11.9 Å². The van der Waals surface area contributed by atoms with Crippen molar-refractivity contribution in [3.05, 3.63) is 39.7 Å². The number of aromatic nitrogens is 2. The molecular weight excluding hydrogens is 311 g/mol. The molecule has 3 rings (SSSR count). The fourth-order valence-corrected chi connectivity index (χ4v) is 2.88. The van der Waals surface area contributed by atoms with Gasteiger partial charge in [-0.05, 0) is 18.9 Å². The van der Waals surface area contributed by atoms with Gasteiger partial charge in [0.15, 0.2) is 0 Å². The Morgan fingerprint density at radius 2 is 2.36 bits per heavy atom. The Morgan fingerprint density at radius 3 is 3.09 bits per heavy atom. The summed E-state index contributed by atoms with van der Waals surface area (Å²) in [5, 5.41) is 10.2. The van der Waals surface area contributed by atoms with E-state index in [2.05, 4.69) is 4.98 Å². The lowest BCUT2D eigenvalue weighted by Gasteiger charge is -2.16. The van der Waals surface area contributed by atoms with E-state index in [0.29, 0.717) is 6.42 Å². The highest BCUT2D eigenvalue weighted by Crippen LogP contribution is 2.20. The molecule has 7 heteroatoms. The molecule has 5 nitrogen and oxygen atoms in total. The maximum atomic E-state index is 13.4. The number of rotatable bonds is 4. The second kappa shape index (κ2) is 6.32. The maximum Gasteiger partial charge on any atom is 0.261 e. The van der Waals surface area contributed by atoms with Gasteiger partial charge in [0.1, 0.15) is 5.82 Å². The molecule has 0 bridgehead atoms. The predicted molar refractivity (Wildman–Crippen MR) is 80.6 cm³/mol. The van der Waals surface area contributed by atoms with Crippen LogP contribution in [0.5, 0.6) is 0 Å². The number of fused-ring (bicyclic) bond motifs is 1. The number of hydrogen-bond donors (Lipinski definition) is 1. The third-order valence-electron chi connectivity index (χ3n) is 3.83. The summed E-state index contributed by atoms with van der Waals surface area (Å²) in [7, 11) is 0. The highest BCUT2D eigenvalue weighted by molar-refractivity contribution is 6.31. The van der Waals surface area contributed by atoms with Crippen LogP contribution >= 0.6 is 11.6 Å². The molecule has 1 aliphatic rings. The summed E-state index contributed by atoms with van der Waals surface area (Å²) in [5.41, 5.74) is -0.102. The average Bonchev–Trinajstić information content (AvgIpc) is 2.97. The number of benzene rings is 1. The average molecular weight is 327 g/mol. The van der Waals surface area contributed by atoms with E-state index in [9.17, 15) is 14.3 Å². The van der Waals surface area contributed by atoms with Crippen molar-refractivity contribution in [1.82, 2.24) is 9.55 Å². The summed E-state index contributed by atoms with van der Waals surface area (Å²) in [6.45, 7) is 0.843. The zero-order valence-corrected chi connectivity index (χ0v) is 12.6. The monoisotopic (exact) mass is 326 g/mol. The summed E-state index contributed by atoms with van der Waals surface area (Å²) in [6.07, 6.45) is 3.07. The van der Waals surface area contributed by atoms with Gasteiger partial charge in [0.05, 0.1) is 41.0 Å².